The number of carbonyl (C=O) groups excluding carboxylic acids is 2. The molecule has 1 aliphatic rings. The van der Waals surface area contributed by atoms with Crippen molar-refractivity contribution in [2.24, 2.45) is 5.92 Å². The smallest absolute Gasteiger partial charge is 0.310 e. The summed E-state index contributed by atoms with van der Waals surface area (Å²) in [6.07, 6.45) is 1.37. The van der Waals surface area contributed by atoms with E-state index in [9.17, 15) is 14.4 Å². The molecule has 8 nitrogen and oxygen atoms in total. The molecule has 0 spiro atoms. The number of aryl methyl sites for hydroxylation is 1. The number of hydrogen-bond acceptors (Lipinski definition) is 6. The summed E-state index contributed by atoms with van der Waals surface area (Å²) in [6.45, 7) is 4.69. The average molecular weight is 399 g/mol. The van der Waals surface area contributed by atoms with E-state index in [4.69, 9.17) is 9.47 Å². The number of para-hydroxylation sites is 1. The molecule has 0 N–H and O–H groups in total. The molecule has 3 rings (SSSR count). The molecule has 1 aromatic carbocycles. The zero-order chi connectivity index (χ0) is 21.0. The Bertz CT molecular complexity index is 969. The van der Waals surface area contributed by atoms with Crippen LogP contribution in [0.15, 0.2) is 35.1 Å². The molecule has 0 aliphatic carbocycles. The summed E-state index contributed by atoms with van der Waals surface area (Å²) in [5, 5.41) is 4.33. The largest absolute Gasteiger partial charge is 0.494 e. The lowest BCUT2D eigenvalue weighted by molar-refractivity contribution is -0.149. The van der Waals surface area contributed by atoms with E-state index in [1.54, 1.807) is 24.0 Å². The summed E-state index contributed by atoms with van der Waals surface area (Å²) in [5.41, 5.74) is 1.10. The summed E-state index contributed by atoms with van der Waals surface area (Å²) in [4.78, 5) is 39.4. The van der Waals surface area contributed by atoms with Crippen LogP contribution in [0.4, 0.5) is 0 Å². The zero-order valence-electron chi connectivity index (χ0n) is 16.9. The molecule has 2 aromatic rings. The molecule has 0 bridgehead atoms. The van der Waals surface area contributed by atoms with Crippen LogP contribution in [0, 0.1) is 12.8 Å². The van der Waals surface area contributed by atoms with Gasteiger partial charge in [0.15, 0.2) is 11.4 Å². The van der Waals surface area contributed by atoms with E-state index in [2.05, 4.69) is 5.10 Å². The molecule has 154 valence electrons. The quantitative estimate of drug-likeness (QED) is 0.714. The number of likely N-dealkylation sites (tertiary alicyclic amines) is 1. The third kappa shape index (κ3) is 4.31. The molecular formula is C21H25N3O5. The van der Waals surface area contributed by atoms with Gasteiger partial charge < -0.3 is 14.4 Å². The molecule has 2 heterocycles. The summed E-state index contributed by atoms with van der Waals surface area (Å²) in [6, 6.07) is 8.56. The van der Waals surface area contributed by atoms with Crippen molar-refractivity contribution in [1.29, 1.82) is 0 Å². The van der Waals surface area contributed by atoms with Gasteiger partial charge in [-0.25, -0.2) is 0 Å². The Morgan fingerprint density at radius 2 is 2.03 bits per heavy atom. The van der Waals surface area contributed by atoms with Gasteiger partial charge in [-0.2, -0.15) is 9.78 Å². The van der Waals surface area contributed by atoms with Crippen LogP contribution in [-0.2, 0) is 9.53 Å². The lowest BCUT2D eigenvalue weighted by Gasteiger charge is -2.31. The number of piperidine rings is 1. The number of aromatic nitrogens is 2. The zero-order valence-corrected chi connectivity index (χ0v) is 16.9. The van der Waals surface area contributed by atoms with Crippen molar-refractivity contribution in [2.75, 3.05) is 26.8 Å². The van der Waals surface area contributed by atoms with Crippen LogP contribution in [0.2, 0.25) is 0 Å². The molecular weight excluding hydrogens is 374 g/mol. The molecule has 0 unspecified atom stereocenters. The predicted octanol–water partition coefficient (Wildman–Crippen LogP) is 1.96. The number of amides is 1. The second-order valence-electron chi connectivity index (χ2n) is 6.94. The van der Waals surface area contributed by atoms with Gasteiger partial charge in [0, 0.05) is 13.1 Å². The average Bonchev–Trinajstić information content (AvgIpc) is 2.74. The van der Waals surface area contributed by atoms with E-state index in [0.717, 1.165) is 5.56 Å². The Morgan fingerprint density at radius 1 is 1.28 bits per heavy atom. The van der Waals surface area contributed by atoms with Crippen molar-refractivity contribution >= 4 is 11.9 Å². The van der Waals surface area contributed by atoms with Crippen molar-refractivity contribution < 1.29 is 19.1 Å². The molecule has 1 saturated heterocycles. The standard InChI is InChI=1S/C21H25N3O5/c1-4-29-21(27)15-9-7-11-23(13-15)20(26)19-17(28-3)12-18(25)24(22-19)16-10-6-5-8-14(16)2/h5-6,8,10,12,15H,4,7,9,11,13H2,1-3H3/t15-/m0/s1. The first-order valence-corrected chi connectivity index (χ1v) is 9.66. The Labute approximate surface area is 169 Å². The molecule has 1 aliphatic heterocycles. The molecule has 8 heteroatoms. The van der Waals surface area contributed by atoms with Gasteiger partial charge in [-0.1, -0.05) is 18.2 Å². The van der Waals surface area contributed by atoms with Crippen LogP contribution in [0.1, 0.15) is 35.8 Å². The van der Waals surface area contributed by atoms with Crippen LogP contribution in [0.25, 0.3) is 5.69 Å². The Hall–Kier alpha value is -3.16. The fourth-order valence-corrected chi connectivity index (χ4v) is 3.48. The third-order valence-corrected chi connectivity index (χ3v) is 4.99. The van der Waals surface area contributed by atoms with Gasteiger partial charge in [0.25, 0.3) is 11.5 Å². The number of rotatable bonds is 5. The highest BCUT2D eigenvalue weighted by Crippen LogP contribution is 2.23. The highest BCUT2D eigenvalue weighted by atomic mass is 16.5. The number of hydrogen-bond donors (Lipinski definition) is 0. The van der Waals surface area contributed by atoms with Gasteiger partial charge in [0.2, 0.25) is 0 Å². The van der Waals surface area contributed by atoms with E-state index in [1.807, 2.05) is 19.1 Å². The van der Waals surface area contributed by atoms with Crippen molar-refractivity contribution in [1.82, 2.24) is 14.7 Å². The third-order valence-electron chi connectivity index (χ3n) is 4.99. The van der Waals surface area contributed by atoms with Crippen molar-refractivity contribution in [3.63, 3.8) is 0 Å². The number of methoxy groups -OCH3 is 1. The van der Waals surface area contributed by atoms with E-state index in [0.29, 0.717) is 31.7 Å². The molecule has 1 amide bonds. The van der Waals surface area contributed by atoms with Gasteiger partial charge >= 0.3 is 5.97 Å². The second-order valence-corrected chi connectivity index (χ2v) is 6.94. The maximum atomic E-state index is 13.2. The molecule has 1 atom stereocenters. The maximum absolute atomic E-state index is 13.2. The van der Waals surface area contributed by atoms with Crippen LogP contribution in [0.5, 0.6) is 5.75 Å². The van der Waals surface area contributed by atoms with Gasteiger partial charge in [-0.05, 0) is 38.3 Å². The summed E-state index contributed by atoms with van der Waals surface area (Å²) in [7, 11) is 1.39. The van der Waals surface area contributed by atoms with Crippen LogP contribution in [0.3, 0.4) is 0 Å². The lowest BCUT2D eigenvalue weighted by atomic mass is 9.98. The summed E-state index contributed by atoms with van der Waals surface area (Å²) < 4.78 is 11.6. The highest BCUT2D eigenvalue weighted by molar-refractivity contribution is 5.95. The Morgan fingerprint density at radius 3 is 2.72 bits per heavy atom. The number of benzene rings is 1. The minimum Gasteiger partial charge on any atom is -0.494 e. The minimum atomic E-state index is -0.393. The van der Waals surface area contributed by atoms with E-state index in [-0.39, 0.29) is 35.8 Å². The van der Waals surface area contributed by atoms with E-state index >= 15 is 0 Å². The molecule has 1 aromatic heterocycles. The van der Waals surface area contributed by atoms with Crippen LogP contribution < -0.4 is 10.3 Å². The minimum absolute atomic E-state index is 0.0415. The molecule has 1 fully saturated rings. The lowest BCUT2D eigenvalue weighted by Crippen LogP contribution is -2.43. The van der Waals surface area contributed by atoms with Gasteiger partial charge in [0.05, 0.1) is 31.4 Å². The topological polar surface area (TPSA) is 90.7 Å². The fourth-order valence-electron chi connectivity index (χ4n) is 3.48. The first-order valence-electron chi connectivity index (χ1n) is 9.66. The SMILES string of the molecule is CCOC(=O)[C@H]1CCCN(C(=O)c2nn(-c3ccccc3C)c(=O)cc2OC)C1. The molecule has 0 radical (unpaired) electrons. The van der Waals surface area contributed by atoms with Gasteiger partial charge in [-0.15, -0.1) is 0 Å². The molecule has 0 saturated carbocycles. The highest BCUT2D eigenvalue weighted by Gasteiger charge is 2.32. The normalized spacial score (nSPS) is 16.4. The van der Waals surface area contributed by atoms with Crippen molar-refractivity contribution in [3.05, 3.63) is 51.9 Å². The number of esters is 1. The Balaban J connectivity index is 1.96. The fraction of sp³-hybridized carbons (Fsp3) is 0.429. The first-order chi connectivity index (χ1) is 14.0. The predicted molar refractivity (Wildman–Crippen MR) is 106 cm³/mol. The van der Waals surface area contributed by atoms with Gasteiger partial charge in [0.1, 0.15) is 0 Å². The van der Waals surface area contributed by atoms with Crippen LogP contribution >= 0.6 is 0 Å². The van der Waals surface area contributed by atoms with Crippen molar-refractivity contribution in [3.8, 4) is 11.4 Å². The Kier molecular flexibility index (Phi) is 6.31. The molecule has 29 heavy (non-hydrogen) atoms. The van der Waals surface area contributed by atoms with Gasteiger partial charge in [-0.3, -0.25) is 14.4 Å². The maximum Gasteiger partial charge on any atom is 0.310 e. The number of nitrogens with zero attached hydrogens (tertiary/aromatic N) is 3. The summed E-state index contributed by atoms with van der Waals surface area (Å²) >= 11 is 0. The van der Waals surface area contributed by atoms with Crippen molar-refractivity contribution in [2.45, 2.75) is 26.7 Å². The summed E-state index contributed by atoms with van der Waals surface area (Å²) in [5.74, 6) is -0.919. The number of ether oxygens (including phenoxy) is 2. The van der Waals surface area contributed by atoms with E-state index < -0.39 is 5.56 Å². The second kappa shape index (κ2) is 8.89. The monoisotopic (exact) mass is 399 g/mol. The first kappa shape index (κ1) is 20.6. The van der Waals surface area contributed by atoms with E-state index in [1.165, 1.54) is 17.9 Å². The number of carbonyl (C=O) groups is 2. The van der Waals surface area contributed by atoms with Crippen LogP contribution in [-0.4, -0.2) is 53.4 Å².